The number of nitrogens with two attached hydrogens (primary N) is 1. The summed E-state index contributed by atoms with van der Waals surface area (Å²) in [6.45, 7) is -0.322. The monoisotopic (exact) mass is 354 g/mol. The summed E-state index contributed by atoms with van der Waals surface area (Å²) >= 11 is 0. The summed E-state index contributed by atoms with van der Waals surface area (Å²) in [6, 6.07) is 8.14. The minimum absolute atomic E-state index is 0.0357. The second-order valence-corrected chi connectivity index (χ2v) is 4.95. The number of aromatic nitrogens is 1. The Bertz CT molecular complexity index is 998. The molecule has 2 rings (SSSR count). The quantitative estimate of drug-likeness (QED) is 0.752. The Morgan fingerprint density at radius 1 is 1.19 bits per heavy atom. The molecule has 2 aromatic rings. The molecule has 0 bridgehead atoms. The molecule has 1 aromatic heterocycles. The number of H-pyrrole nitrogens is 1. The maximum absolute atomic E-state index is 12.0. The predicted octanol–water partition coefficient (Wildman–Crippen LogP) is 0.928. The molecule has 0 aliphatic heterocycles. The van der Waals surface area contributed by atoms with Gasteiger partial charge in [0.25, 0.3) is 5.56 Å². The van der Waals surface area contributed by atoms with Crippen molar-refractivity contribution in [3.63, 3.8) is 0 Å². The van der Waals surface area contributed by atoms with Crippen LogP contribution in [0.3, 0.4) is 0 Å². The third-order valence-corrected chi connectivity index (χ3v) is 3.49. The molecule has 0 saturated heterocycles. The first kappa shape index (κ1) is 18.4. The summed E-state index contributed by atoms with van der Waals surface area (Å²) in [6.07, 6.45) is 0. The van der Waals surface area contributed by atoms with Crippen LogP contribution >= 0.6 is 0 Å². The van der Waals surface area contributed by atoms with E-state index in [0.717, 1.165) is 0 Å². The Hall–Kier alpha value is -3.98. The van der Waals surface area contributed by atoms with Gasteiger partial charge >= 0.3 is 5.97 Å². The van der Waals surface area contributed by atoms with E-state index < -0.39 is 11.5 Å². The largest absolute Gasteiger partial charge is 0.493 e. The molecular formula is C17H14N4O5. The normalized spacial score (nSPS) is 9.69. The van der Waals surface area contributed by atoms with Gasteiger partial charge in [0.15, 0.2) is 18.1 Å². The van der Waals surface area contributed by atoms with Gasteiger partial charge in [-0.25, -0.2) is 4.79 Å². The number of carbonyl (C=O) groups excluding carboxylic acids is 1. The van der Waals surface area contributed by atoms with E-state index in [0.29, 0.717) is 5.56 Å². The second kappa shape index (κ2) is 7.73. The van der Waals surface area contributed by atoms with Gasteiger partial charge in [-0.3, -0.25) is 4.79 Å². The summed E-state index contributed by atoms with van der Waals surface area (Å²) in [4.78, 5) is 25.5. The number of hydrogen-bond donors (Lipinski definition) is 2. The average molecular weight is 354 g/mol. The summed E-state index contributed by atoms with van der Waals surface area (Å²) in [5.74, 6) is -0.233. The van der Waals surface area contributed by atoms with Gasteiger partial charge in [0, 0.05) is 5.56 Å². The van der Waals surface area contributed by atoms with Crippen molar-refractivity contribution in [2.24, 2.45) is 0 Å². The number of carbonyl (C=O) groups is 1. The van der Waals surface area contributed by atoms with E-state index in [-0.39, 0.29) is 40.6 Å². The highest BCUT2D eigenvalue weighted by atomic mass is 16.6. The van der Waals surface area contributed by atoms with Crippen LogP contribution in [0.1, 0.15) is 11.1 Å². The SMILES string of the molecule is COC(=O)COc1ccc(-c2c(C#N)c(N)[nH]c(=O)c2C#N)cc1OC. The van der Waals surface area contributed by atoms with Gasteiger partial charge < -0.3 is 24.9 Å². The molecule has 26 heavy (non-hydrogen) atoms. The number of aromatic amines is 1. The minimum atomic E-state index is -0.705. The number of hydrogen-bond acceptors (Lipinski definition) is 8. The van der Waals surface area contributed by atoms with Crippen LogP contribution in [-0.2, 0) is 9.53 Å². The van der Waals surface area contributed by atoms with E-state index >= 15 is 0 Å². The lowest BCUT2D eigenvalue weighted by Crippen LogP contribution is -2.16. The predicted molar refractivity (Wildman–Crippen MR) is 90.4 cm³/mol. The smallest absolute Gasteiger partial charge is 0.343 e. The van der Waals surface area contributed by atoms with Crippen molar-refractivity contribution in [1.29, 1.82) is 10.5 Å². The Labute approximate surface area is 148 Å². The summed E-state index contributed by atoms with van der Waals surface area (Å²) in [5, 5.41) is 18.7. The molecule has 0 amide bonds. The van der Waals surface area contributed by atoms with Gasteiger partial charge in [-0.2, -0.15) is 10.5 Å². The maximum Gasteiger partial charge on any atom is 0.343 e. The first-order valence-electron chi connectivity index (χ1n) is 7.20. The molecule has 9 nitrogen and oxygen atoms in total. The van der Waals surface area contributed by atoms with Crippen LogP contribution in [0, 0.1) is 22.7 Å². The van der Waals surface area contributed by atoms with Crippen molar-refractivity contribution in [3.05, 3.63) is 39.7 Å². The van der Waals surface area contributed by atoms with Gasteiger partial charge in [-0.05, 0) is 17.7 Å². The number of nitrogen functional groups attached to an aromatic ring is 1. The van der Waals surface area contributed by atoms with Crippen LogP contribution in [0.2, 0.25) is 0 Å². The highest BCUT2D eigenvalue weighted by Crippen LogP contribution is 2.35. The standard InChI is InChI=1S/C17H14N4O5/c1-24-13-5-9(3-4-12(13)26-8-14(22)25-2)15-10(6-18)16(20)21-17(23)11(15)7-19/h3-5H,8H2,1-2H3,(H3,20,21,23). The van der Waals surface area contributed by atoms with Crippen molar-refractivity contribution in [1.82, 2.24) is 4.98 Å². The lowest BCUT2D eigenvalue weighted by Gasteiger charge is -2.13. The van der Waals surface area contributed by atoms with Crippen LogP contribution in [0.15, 0.2) is 23.0 Å². The van der Waals surface area contributed by atoms with Crippen molar-refractivity contribution in [3.8, 4) is 34.8 Å². The average Bonchev–Trinajstić information content (AvgIpc) is 2.65. The summed E-state index contributed by atoms with van der Waals surface area (Å²) in [7, 11) is 2.61. The third kappa shape index (κ3) is 3.42. The topological polar surface area (TPSA) is 151 Å². The van der Waals surface area contributed by atoms with Gasteiger partial charge in [-0.1, -0.05) is 6.07 Å². The number of nitriles is 2. The van der Waals surface area contributed by atoms with Crippen molar-refractivity contribution >= 4 is 11.8 Å². The lowest BCUT2D eigenvalue weighted by molar-refractivity contribution is -0.142. The number of esters is 1. The first-order valence-corrected chi connectivity index (χ1v) is 7.20. The van der Waals surface area contributed by atoms with E-state index in [9.17, 15) is 20.1 Å². The minimum Gasteiger partial charge on any atom is -0.493 e. The molecule has 1 aromatic carbocycles. The van der Waals surface area contributed by atoms with Gasteiger partial charge in [0.1, 0.15) is 29.1 Å². The molecule has 0 aliphatic rings. The molecule has 132 valence electrons. The van der Waals surface area contributed by atoms with Crippen LogP contribution in [0.5, 0.6) is 11.5 Å². The highest BCUT2D eigenvalue weighted by Gasteiger charge is 2.19. The Morgan fingerprint density at radius 2 is 1.88 bits per heavy atom. The molecule has 0 atom stereocenters. The van der Waals surface area contributed by atoms with E-state index in [4.69, 9.17) is 15.2 Å². The molecule has 0 fully saturated rings. The molecule has 0 aliphatic carbocycles. The highest BCUT2D eigenvalue weighted by molar-refractivity contribution is 5.81. The molecule has 3 N–H and O–H groups in total. The van der Waals surface area contributed by atoms with Crippen molar-refractivity contribution in [2.75, 3.05) is 26.6 Å². The fourth-order valence-electron chi connectivity index (χ4n) is 2.27. The van der Waals surface area contributed by atoms with Crippen molar-refractivity contribution < 1.29 is 19.0 Å². The zero-order chi connectivity index (χ0) is 19.3. The number of nitrogens with one attached hydrogen (secondary N) is 1. The number of ether oxygens (including phenoxy) is 3. The number of methoxy groups -OCH3 is 2. The molecule has 0 radical (unpaired) electrons. The Balaban J connectivity index is 2.61. The van der Waals surface area contributed by atoms with E-state index in [1.54, 1.807) is 6.07 Å². The fraction of sp³-hybridized carbons (Fsp3) is 0.176. The zero-order valence-corrected chi connectivity index (χ0v) is 14.0. The number of nitrogens with zero attached hydrogens (tertiary/aromatic N) is 2. The summed E-state index contributed by atoms with van der Waals surface area (Å²) in [5.41, 5.74) is 5.16. The maximum atomic E-state index is 12.0. The van der Waals surface area contributed by atoms with Gasteiger partial charge in [0.2, 0.25) is 0 Å². The number of anilines is 1. The van der Waals surface area contributed by atoms with Crippen LogP contribution in [0.25, 0.3) is 11.1 Å². The van der Waals surface area contributed by atoms with Gasteiger partial charge in [-0.15, -0.1) is 0 Å². The van der Waals surface area contributed by atoms with E-state index in [1.165, 1.54) is 32.4 Å². The molecular weight excluding hydrogens is 340 g/mol. The number of rotatable bonds is 5. The van der Waals surface area contributed by atoms with E-state index in [1.807, 2.05) is 6.07 Å². The van der Waals surface area contributed by atoms with Crippen LogP contribution < -0.4 is 20.8 Å². The van der Waals surface area contributed by atoms with Crippen LogP contribution in [-0.4, -0.2) is 31.8 Å². The van der Waals surface area contributed by atoms with Crippen molar-refractivity contribution in [2.45, 2.75) is 0 Å². The molecule has 0 unspecified atom stereocenters. The molecule has 0 saturated carbocycles. The van der Waals surface area contributed by atoms with E-state index in [2.05, 4.69) is 9.72 Å². The Morgan fingerprint density at radius 3 is 2.46 bits per heavy atom. The second-order valence-electron chi connectivity index (χ2n) is 4.95. The van der Waals surface area contributed by atoms with Gasteiger partial charge in [0.05, 0.1) is 14.2 Å². The lowest BCUT2D eigenvalue weighted by atomic mass is 9.96. The number of pyridine rings is 1. The molecule has 9 heteroatoms. The molecule has 1 heterocycles. The third-order valence-electron chi connectivity index (χ3n) is 3.49. The first-order chi connectivity index (χ1) is 12.5. The number of benzene rings is 1. The zero-order valence-electron chi connectivity index (χ0n) is 14.0. The van der Waals surface area contributed by atoms with Crippen LogP contribution in [0.4, 0.5) is 5.82 Å². The summed E-state index contributed by atoms with van der Waals surface area (Å²) < 4.78 is 15.0. The molecule has 0 spiro atoms. The Kier molecular flexibility index (Phi) is 5.46. The fourth-order valence-corrected chi connectivity index (χ4v) is 2.27.